The number of nitrogens with zero attached hydrogens (tertiary/aromatic N) is 1. The van der Waals surface area contributed by atoms with Crippen LogP contribution in [0, 0.1) is 5.82 Å². The maximum Gasteiger partial charge on any atom is 0.237 e. The summed E-state index contributed by atoms with van der Waals surface area (Å²) in [5.74, 6) is 0.414. The maximum absolute atomic E-state index is 12.8. The summed E-state index contributed by atoms with van der Waals surface area (Å²) in [7, 11) is 0. The van der Waals surface area contributed by atoms with E-state index >= 15 is 0 Å². The van der Waals surface area contributed by atoms with E-state index in [1.165, 1.54) is 24.3 Å². The molecular formula is C17H18FN3O3. The van der Waals surface area contributed by atoms with Crippen LogP contribution in [0.1, 0.15) is 12.0 Å². The van der Waals surface area contributed by atoms with Crippen LogP contribution in [-0.2, 0) is 11.3 Å². The largest absolute Gasteiger partial charge is 0.439 e. The normalized spacial score (nSPS) is 19.9. The van der Waals surface area contributed by atoms with Crippen molar-refractivity contribution in [3.05, 3.63) is 54.0 Å². The molecule has 126 valence electrons. The molecule has 0 saturated carbocycles. The molecule has 7 heteroatoms. The molecule has 6 nitrogen and oxygen atoms in total. The zero-order chi connectivity index (χ0) is 16.9. The first-order valence-electron chi connectivity index (χ1n) is 7.67. The summed E-state index contributed by atoms with van der Waals surface area (Å²) in [5, 5.41) is 15.2. The van der Waals surface area contributed by atoms with Crippen molar-refractivity contribution in [2.24, 2.45) is 0 Å². The number of carbonyl (C=O) groups excluding carboxylic acids is 1. The van der Waals surface area contributed by atoms with E-state index in [9.17, 15) is 14.3 Å². The van der Waals surface area contributed by atoms with Crippen LogP contribution in [0.2, 0.25) is 0 Å². The number of aliphatic hydroxyl groups excluding tert-OH is 1. The van der Waals surface area contributed by atoms with Crippen molar-refractivity contribution in [1.82, 2.24) is 15.6 Å². The van der Waals surface area contributed by atoms with E-state index < -0.39 is 6.10 Å². The van der Waals surface area contributed by atoms with Gasteiger partial charge in [-0.25, -0.2) is 9.37 Å². The summed E-state index contributed by atoms with van der Waals surface area (Å²) in [6.45, 7) is 0.784. The van der Waals surface area contributed by atoms with Crippen molar-refractivity contribution in [3.8, 4) is 11.6 Å². The zero-order valence-corrected chi connectivity index (χ0v) is 12.9. The Morgan fingerprint density at radius 2 is 2.12 bits per heavy atom. The molecule has 1 aliphatic rings. The van der Waals surface area contributed by atoms with Gasteiger partial charge in [-0.3, -0.25) is 4.79 Å². The molecule has 0 radical (unpaired) electrons. The van der Waals surface area contributed by atoms with Crippen molar-refractivity contribution in [2.75, 3.05) is 6.54 Å². The lowest BCUT2D eigenvalue weighted by molar-refractivity contribution is -0.123. The quantitative estimate of drug-likeness (QED) is 0.770. The lowest BCUT2D eigenvalue weighted by Gasteiger charge is -2.11. The van der Waals surface area contributed by atoms with Gasteiger partial charge in [0.05, 0.1) is 12.1 Å². The second-order valence-electron chi connectivity index (χ2n) is 5.63. The Balaban J connectivity index is 1.51. The highest BCUT2D eigenvalue weighted by molar-refractivity contribution is 5.82. The molecule has 1 amide bonds. The van der Waals surface area contributed by atoms with Crippen molar-refractivity contribution in [1.29, 1.82) is 0 Å². The maximum atomic E-state index is 12.8. The Kier molecular flexibility index (Phi) is 5.02. The minimum absolute atomic E-state index is 0.141. The molecule has 2 unspecified atom stereocenters. The van der Waals surface area contributed by atoms with Gasteiger partial charge in [-0.15, -0.1) is 0 Å². The molecule has 1 saturated heterocycles. The molecule has 3 N–H and O–H groups in total. The number of rotatable bonds is 5. The van der Waals surface area contributed by atoms with E-state index in [-0.39, 0.29) is 17.8 Å². The van der Waals surface area contributed by atoms with Gasteiger partial charge in [0, 0.05) is 25.4 Å². The van der Waals surface area contributed by atoms with Crippen LogP contribution < -0.4 is 15.4 Å². The minimum atomic E-state index is -0.467. The number of halogens is 1. The number of nitrogens with one attached hydrogen (secondary N) is 2. The van der Waals surface area contributed by atoms with Crippen LogP contribution in [-0.4, -0.2) is 34.7 Å². The first kappa shape index (κ1) is 16.4. The lowest BCUT2D eigenvalue weighted by Crippen LogP contribution is -2.40. The van der Waals surface area contributed by atoms with E-state index in [1.54, 1.807) is 18.3 Å². The summed E-state index contributed by atoms with van der Waals surface area (Å²) < 4.78 is 18.3. The fraction of sp³-hybridized carbons (Fsp3) is 0.294. The smallest absolute Gasteiger partial charge is 0.237 e. The van der Waals surface area contributed by atoms with Crippen LogP contribution in [0.4, 0.5) is 4.39 Å². The second kappa shape index (κ2) is 7.37. The molecule has 0 aliphatic carbocycles. The minimum Gasteiger partial charge on any atom is -0.439 e. The van der Waals surface area contributed by atoms with Gasteiger partial charge in [-0.1, -0.05) is 6.07 Å². The van der Waals surface area contributed by atoms with E-state index in [1.807, 2.05) is 0 Å². The van der Waals surface area contributed by atoms with Crippen LogP contribution in [0.15, 0.2) is 42.6 Å². The van der Waals surface area contributed by atoms with Gasteiger partial charge in [0.2, 0.25) is 11.8 Å². The van der Waals surface area contributed by atoms with Gasteiger partial charge in [0.25, 0.3) is 0 Å². The fourth-order valence-corrected chi connectivity index (χ4v) is 2.43. The topological polar surface area (TPSA) is 83.5 Å². The van der Waals surface area contributed by atoms with E-state index in [4.69, 9.17) is 4.74 Å². The Bertz CT molecular complexity index is 691. The van der Waals surface area contributed by atoms with Crippen molar-refractivity contribution in [3.63, 3.8) is 0 Å². The summed E-state index contributed by atoms with van der Waals surface area (Å²) in [6, 6.07) is 8.79. The Morgan fingerprint density at radius 3 is 2.75 bits per heavy atom. The monoisotopic (exact) mass is 331 g/mol. The standard InChI is InChI=1S/C17H18FN3O3/c18-12-2-4-14(5-3-12)24-16-6-1-11(8-20-16)9-21-17(23)15-7-13(22)10-19-15/h1-6,8,13,15,19,22H,7,9-10H2,(H,21,23). The number of aliphatic hydroxyl groups is 1. The molecule has 1 aromatic carbocycles. The van der Waals surface area contributed by atoms with E-state index in [0.717, 1.165) is 5.56 Å². The molecule has 2 atom stereocenters. The number of ether oxygens (including phenoxy) is 1. The van der Waals surface area contributed by atoms with Crippen molar-refractivity contribution < 1.29 is 19.0 Å². The average Bonchev–Trinajstić information content (AvgIpc) is 3.03. The molecule has 2 heterocycles. The molecule has 1 aromatic heterocycles. The van der Waals surface area contributed by atoms with Crippen LogP contribution in [0.25, 0.3) is 0 Å². The second-order valence-corrected chi connectivity index (χ2v) is 5.63. The predicted molar refractivity (Wildman–Crippen MR) is 85.0 cm³/mol. The highest BCUT2D eigenvalue weighted by Gasteiger charge is 2.27. The first-order chi connectivity index (χ1) is 11.6. The number of hydrogen-bond donors (Lipinski definition) is 3. The number of benzene rings is 1. The summed E-state index contributed by atoms with van der Waals surface area (Å²) in [5.41, 5.74) is 0.827. The van der Waals surface area contributed by atoms with Gasteiger partial charge in [-0.2, -0.15) is 0 Å². The molecule has 1 fully saturated rings. The third kappa shape index (κ3) is 4.27. The zero-order valence-electron chi connectivity index (χ0n) is 12.9. The van der Waals surface area contributed by atoms with Crippen LogP contribution in [0.5, 0.6) is 11.6 Å². The average molecular weight is 331 g/mol. The lowest BCUT2D eigenvalue weighted by atomic mass is 10.2. The molecule has 24 heavy (non-hydrogen) atoms. The predicted octanol–water partition coefficient (Wildman–Crippen LogP) is 1.35. The first-order valence-corrected chi connectivity index (χ1v) is 7.67. The summed E-state index contributed by atoms with van der Waals surface area (Å²) >= 11 is 0. The van der Waals surface area contributed by atoms with Crippen LogP contribution >= 0.6 is 0 Å². The number of pyridine rings is 1. The van der Waals surface area contributed by atoms with E-state index in [2.05, 4.69) is 15.6 Å². The highest BCUT2D eigenvalue weighted by Crippen LogP contribution is 2.19. The summed E-state index contributed by atoms with van der Waals surface area (Å²) in [4.78, 5) is 16.1. The van der Waals surface area contributed by atoms with Gasteiger partial charge in [0.1, 0.15) is 11.6 Å². The third-order valence-corrected chi connectivity index (χ3v) is 3.72. The molecule has 1 aliphatic heterocycles. The van der Waals surface area contributed by atoms with Gasteiger partial charge in [-0.05, 0) is 36.2 Å². The van der Waals surface area contributed by atoms with Crippen molar-refractivity contribution in [2.45, 2.75) is 25.1 Å². The highest BCUT2D eigenvalue weighted by atomic mass is 19.1. The van der Waals surface area contributed by atoms with Gasteiger partial charge in [0.15, 0.2) is 0 Å². The summed E-state index contributed by atoms with van der Waals surface area (Å²) in [6.07, 6.45) is 1.57. The SMILES string of the molecule is O=C(NCc1ccc(Oc2ccc(F)cc2)nc1)C1CC(O)CN1. The molecule has 0 spiro atoms. The number of amides is 1. The van der Waals surface area contributed by atoms with Crippen molar-refractivity contribution >= 4 is 5.91 Å². The Morgan fingerprint density at radius 1 is 1.33 bits per heavy atom. The van der Waals surface area contributed by atoms with Gasteiger partial charge >= 0.3 is 0 Å². The molecule has 0 bridgehead atoms. The third-order valence-electron chi connectivity index (χ3n) is 3.72. The number of aromatic nitrogens is 1. The number of β-amino-alcohol motifs (C(OH)–C–C–N with tert-alkyl or cyclic N) is 1. The molecule has 2 aromatic rings. The molecular weight excluding hydrogens is 313 g/mol. The van der Waals surface area contributed by atoms with Gasteiger partial charge < -0.3 is 20.5 Å². The Hall–Kier alpha value is -2.51. The van der Waals surface area contributed by atoms with Crippen LogP contribution in [0.3, 0.4) is 0 Å². The van der Waals surface area contributed by atoms with E-state index in [0.29, 0.717) is 31.1 Å². The Labute approximate surface area is 138 Å². The number of carbonyl (C=O) groups is 1. The fourth-order valence-electron chi connectivity index (χ4n) is 2.43. The number of hydrogen-bond acceptors (Lipinski definition) is 5. The molecule has 3 rings (SSSR count).